The van der Waals surface area contributed by atoms with Gasteiger partial charge < -0.3 is 10.6 Å². The fourth-order valence-electron chi connectivity index (χ4n) is 1.33. The molecule has 0 aliphatic heterocycles. The first kappa shape index (κ1) is 10.7. The van der Waals surface area contributed by atoms with Crippen molar-refractivity contribution in [3.05, 3.63) is 34.3 Å². The lowest BCUT2D eigenvalue weighted by atomic mass is 10.1. The molecule has 0 saturated carbocycles. The first-order valence-electron chi connectivity index (χ1n) is 4.36. The summed E-state index contributed by atoms with van der Waals surface area (Å²) in [5.41, 5.74) is 1.29. The molecule has 1 aromatic rings. The van der Waals surface area contributed by atoms with Crippen LogP contribution in [0.2, 0.25) is 0 Å². The van der Waals surface area contributed by atoms with Gasteiger partial charge in [0.1, 0.15) is 0 Å². The smallest absolute Gasteiger partial charge is 0.0455 e. The van der Waals surface area contributed by atoms with Crippen molar-refractivity contribution >= 4 is 15.9 Å². The summed E-state index contributed by atoms with van der Waals surface area (Å²) in [6.45, 7) is 0.930. The Kier molecular flexibility index (Phi) is 4.42. The van der Waals surface area contributed by atoms with Crippen LogP contribution >= 0.6 is 15.9 Å². The molecule has 1 rings (SSSR count). The maximum atomic E-state index is 3.54. The Balaban J connectivity index is 2.84. The first-order valence-corrected chi connectivity index (χ1v) is 5.15. The van der Waals surface area contributed by atoms with Crippen LogP contribution in [0.1, 0.15) is 11.6 Å². The van der Waals surface area contributed by atoms with Crippen LogP contribution in [0.15, 0.2) is 28.7 Å². The third kappa shape index (κ3) is 2.79. The van der Waals surface area contributed by atoms with Gasteiger partial charge in [0, 0.05) is 17.1 Å². The van der Waals surface area contributed by atoms with Crippen LogP contribution in [0, 0.1) is 0 Å². The Morgan fingerprint density at radius 2 is 2.00 bits per heavy atom. The van der Waals surface area contributed by atoms with E-state index in [1.807, 2.05) is 20.2 Å². The van der Waals surface area contributed by atoms with Gasteiger partial charge in [0.15, 0.2) is 0 Å². The van der Waals surface area contributed by atoms with Gasteiger partial charge in [-0.05, 0) is 25.7 Å². The van der Waals surface area contributed by atoms with Crippen LogP contribution in [-0.2, 0) is 0 Å². The monoisotopic (exact) mass is 242 g/mol. The molecule has 0 spiro atoms. The van der Waals surface area contributed by atoms with Crippen LogP contribution in [0.3, 0.4) is 0 Å². The lowest BCUT2D eigenvalue weighted by Crippen LogP contribution is -2.27. The Morgan fingerprint density at radius 3 is 2.54 bits per heavy atom. The molecular weight excluding hydrogens is 228 g/mol. The lowest BCUT2D eigenvalue weighted by Gasteiger charge is -2.17. The molecule has 1 aromatic carbocycles. The average Bonchev–Trinajstić information content (AvgIpc) is 2.16. The van der Waals surface area contributed by atoms with Gasteiger partial charge in [0.05, 0.1) is 0 Å². The molecular formula is C10H15BrN2. The predicted octanol–water partition coefficient (Wildman–Crippen LogP) is 1.93. The number of rotatable bonds is 4. The minimum absolute atomic E-state index is 0.362. The van der Waals surface area contributed by atoms with Crippen molar-refractivity contribution in [1.29, 1.82) is 0 Å². The Bertz CT molecular complexity index is 263. The summed E-state index contributed by atoms with van der Waals surface area (Å²) in [5, 5.41) is 6.43. The van der Waals surface area contributed by atoms with Gasteiger partial charge in [-0.3, -0.25) is 0 Å². The summed E-state index contributed by atoms with van der Waals surface area (Å²) in [4.78, 5) is 0. The number of hydrogen-bond acceptors (Lipinski definition) is 2. The minimum atomic E-state index is 0.362. The average molecular weight is 243 g/mol. The van der Waals surface area contributed by atoms with Crippen molar-refractivity contribution in [1.82, 2.24) is 10.6 Å². The highest BCUT2D eigenvalue weighted by Crippen LogP contribution is 2.22. The third-order valence-corrected chi connectivity index (χ3v) is 2.76. The van der Waals surface area contributed by atoms with E-state index in [1.54, 1.807) is 0 Å². The van der Waals surface area contributed by atoms with Gasteiger partial charge in [-0.1, -0.05) is 34.1 Å². The van der Waals surface area contributed by atoms with Crippen LogP contribution in [0.4, 0.5) is 0 Å². The highest BCUT2D eigenvalue weighted by molar-refractivity contribution is 9.10. The molecule has 13 heavy (non-hydrogen) atoms. The van der Waals surface area contributed by atoms with Crippen molar-refractivity contribution in [3.63, 3.8) is 0 Å². The lowest BCUT2D eigenvalue weighted by molar-refractivity contribution is 0.556. The van der Waals surface area contributed by atoms with Crippen molar-refractivity contribution in [2.24, 2.45) is 0 Å². The molecule has 0 aromatic heterocycles. The van der Waals surface area contributed by atoms with Gasteiger partial charge in [0.2, 0.25) is 0 Å². The van der Waals surface area contributed by atoms with Crippen molar-refractivity contribution in [3.8, 4) is 0 Å². The zero-order chi connectivity index (χ0) is 9.68. The van der Waals surface area contributed by atoms with E-state index >= 15 is 0 Å². The second-order valence-electron chi connectivity index (χ2n) is 2.92. The quantitative estimate of drug-likeness (QED) is 0.844. The molecule has 0 aliphatic carbocycles. The number of likely N-dealkylation sites (N-methyl/N-ethyl adjacent to an activating group) is 2. The summed E-state index contributed by atoms with van der Waals surface area (Å²) in [6.07, 6.45) is 0. The molecule has 0 amide bonds. The molecule has 2 N–H and O–H groups in total. The van der Waals surface area contributed by atoms with Gasteiger partial charge in [-0.25, -0.2) is 0 Å². The molecule has 0 radical (unpaired) electrons. The summed E-state index contributed by atoms with van der Waals surface area (Å²) in [6, 6.07) is 8.64. The summed E-state index contributed by atoms with van der Waals surface area (Å²) >= 11 is 3.54. The van der Waals surface area contributed by atoms with E-state index in [1.165, 1.54) is 5.56 Å². The van der Waals surface area contributed by atoms with Gasteiger partial charge in [0.25, 0.3) is 0 Å². The highest BCUT2D eigenvalue weighted by Gasteiger charge is 2.09. The fourth-order valence-corrected chi connectivity index (χ4v) is 1.89. The zero-order valence-electron chi connectivity index (χ0n) is 7.97. The van der Waals surface area contributed by atoms with Crippen LogP contribution in [0.25, 0.3) is 0 Å². The Hall–Kier alpha value is -0.380. The fraction of sp³-hybridized carbons (Fsp3) is 0.400. The van der Waals surface area contributed by atoms with Crippen molar-refractivity contribution in [2.45, 2.75) is 6.04 Å². The van der Waals surface area contributed by atoms with E-state index in [2.05, 4.69) is 44.8 Å². The van der Waals surface area contributed by atoms with Gasteiger partial charge >= 0.3 is 0 Å². The van der Waals surface area contributed by atoms with Crippen LogP contribution in [-0.4, -0.2) is 20.6 Å². The predicted molar refractivity (Wildman–Crippen MR) is 59.9 cm³/mol. The van der Waals surface area contributed by atoms with E-state index in [9.17, 15) is 0 Å². The largest absolute Gasteiger partial charge is 0.318 e. The first-order chi connectivity index (χ1) is 6.29. The minimum Gasteiger partial charge on any atom is -0.318 e. The van der Waals surface area contributed by atoms with Crippen LogP contribution in [0.5, 0.6) is 0 Å². The van der Waals surface area contributed by atoms with Gasteiger partial charge in [-0.15, -0.1) is 0 Å². The molecule has 0 saturated heterocycles. The standard InChI is InChI=1S/C10H15BrN2/c1-12-7-10(13-2)8-5-3-4-6-9(8)11/h3-6,10,12-13H,7H2,1-2H3. The molecule has 0 bridgehead atoms. The molecule has 2 nitrogen and oxygen atoms in total. The second kappa shape index (κ2) is 5.37. The number of benzene rings is 1. The molecule has 3 heteroatoms. The molecule has 0 heterocycles. The number of nitrogens with one attached hydrogen (secondary N) is 2. The van der Waals surface area contributed by atoms with E-state index in [-0.39, 0.29) is 0 Å². The molecule has 0 fully saturated rings. The summed E-state index contributed by atoms with van der Waals surface area (Å²) in [5.74, 6) is 0. The topological polar surface area (TPSA) is 24.1 Å². The molecule has 72 valence electrons. The van der Waals surface area contributed by atoms with E-state index < -0.39 is 0 Å². The van der Waals surface area contributed by atoms with E-state index in [0.29, 0.717) is 6.04 Å². The maximum absolute atomic E-state index is 3.54. The normalized spacial score (nSPS) is 12.8. The molecule has 1 atom stereocenters. The zero-order valence-corrected chi connectivity index (χ0v) is 9.56. The number of halogens is 1. The second-order valence-corrected chi connectivity index (χ2v) is 3.77. The van der Waals surface area contributed by atoms with Crippen LogP contribution < -0.4 is 10.6 Å². The van der Waals surface area contributed by atoms with Crippen molar-refractivity contribution < 1.29 is 0 Å². The highest BCUT2D eigenvalue weighted by atomic mass is 79.9. The molecule has 0 aliphatic rings. The van der Waals surface area contributed by atoms with E-state index in [4.69, 9.17) is 0 Å². The molecule has 1 unspecified atom stereocenters. The van der Waals surface area contributed by atoms with Crippen molar-refractivity contribution in [2.75, 3.05) is 20.6 Å². The third-order valence-electron chi connectivity index (χ3n) is 2.04. The Morgan fingerprint density at radius 1 is 1.31 bits per heavy atom. The summed E-state index contributed by atoms with van der Waals surface area (Å²) < 4.78 is 1.16. The number of hydrogen-bond donors (Lipinski definition) is 2. The Labute approximate surface area is 87.9 Å². The SMILES string of the molecule is CNCC(NC)c1ccccc1Br. The van der Waals surface area contributed by atoms with Gasteiger partial charge in [-0.2, -0.15) is 0 Å². The summed E-state index contributed by atoms with van der Waals surface area (Å²) in [7, 11) is 3.93. The maximum Gasteiger partial charge on any atom is 0.0455 e. The van der Waals surface area contributed by atoms with E-state index in [0.717, 1.165) is 11.0 Å².